The molecule has 4 aromatic carbocycles. The minimum atomic E-state index is -4.74. The van der Waals surface area contributed by atoms with Crippen LogP contribution in [-0.2, 0) is 10.1 Å². The van der Waals surface area contributed by atoms with Crippen LogP contribution in [0.15, 0.2) is 140 Å². The van der Waals surface area contributed by atoms with Crippen LogP contribution in [0, 0.1) is 0 Å². The number of fused-ring (bicyclic) bond motifs is 2. The van der Waals surface area contributed by atoms with Gasteiger partial charge in [-0.15, -0.1) is 23.5 Å². The molecular weight excluding hydrogens is 681 g/mol. The van der Waals surface area contributed by atoms with Gasteiger partial charge < -0.3 is 13.9 Å². The molecule has 50 heavy (non-hydrogen) atoms. The monoisotopic (exact) mass is 722 g/mol. The number of nitrogens with zero attached hydrogens (tertiary/aromatic N) is 2. The molecule has 1 aliphatic carbocycles. The molecule has 0 N–H and O–H groups in total. The lowest BCUT2D eigenvalue weighted by molar-refractivity contribution is 0.463. The van der Waals surface area contributed by atoms with Crippen LogP contribution in [0.3, 0.4) is 0 Å². The van der Waals surface area contributed by atoms with E-state index in [1.165, 1.54) is 15.9 Å². The number of thioether (sulfide) groups is 2. The molecule has 0 bridgehead atoms. The summed E-state index contributed by atoms with van der Waals surface area (Å²) in [5, 5.41) is 1.79. The Bertz CT molecular complexity index is 2190. The molecule has 0 saturated carbocycles. The van der Waals surface area contributed by atoms with E-state index in [1.54, 1.807) is 18.2 Å². The molecular formula is C41H42N2O4S3. The third-order valence-corrected chi connectivity index (χ3v) is 11.9. The first-order valence-corrected chi connectivity index (χ1v) is 20.5. The molecule has 6 rings (SSSR count). The van der Waals surface area contributed by atoms with Gasteiger partial charge >= 0.3 is 0 Å². The second-order valence-electron chi connectivity index (χ2n) is 12.0. The Morgan fingerprint density at radius 3 is 2.06 bits per heavy atom. The quantitative estimate of drug-likeness (QED) is 0.0344. The molecule has 0 amide bonds. The van der Waals surface area contributed by atoms with E-state index in [-0.39, 0.29) is 4.90 Å². The van der Waals surface area contributed by atoms with Crippen LogP contribution < -0.4 is 14.8 Å². The van der Waals surface area contributed by atoms with E-state index in [9.17, 15) is 13.0 Å². The fourth-order valence-corrected chi connectivity index (χ4v) is 8.71. The molecule has 258 valence electrons. The highest BCUT2D eigenvalue weighted by molar-refractivity contribution is 7.99. The largest absolute Gasteiger partial charge is 0.744 e. The first-order chi connectivity index (χ1) is 24.4. The summed E-state index contributed by atoms with van der Waals surface area (Å²) in [5.41, 5.74) is 3.49. The van der Waals surface area contributed by atoms with Crippen molar-refractivity contribution in [2.45, 2.75) is 41.4 Å². The van der Waals surface area contributed by atoms with E-state index >= 15 is 0 Å². The van der Waals surface area contributed by atoms with Crippen molar-refractivity contribution in [3.63, 3.8) is 0 Å². The second-order valence-corrected chi connectivity index (χ2v) is 15.7. The van der Waals surface area contributed by atoms with Gasteiger partial charge in [0.2, 0.25) is 5.36 Å². The maximum atomic E-state index is 12.5. The fourth-order valence-electron chi connectivity index (χ4n) is 6.31. The normalized spacial score (nSPS) is 12.4. The highest BCUT2D eigenvalue weighted by Crippen LogP contribution is 2.43. The first kappa shape index (κ1) is 35.8. The van der Waals surface area contributed by atoms with Crippen LogP contribution in [-0.4, -0.2) is 50.7 Å². The number of rotatable bonds is 15. The van der Waals surface area contributed by atoms with Crippen molar-refractivity contribution < 1.29 is 17.4 Å². The number of hydrogen-bond acceptors (Lipinski definition) is 7. The van der Waals surface area contributed by atoms with Crippen LogP contribution in [0.1, 0.15) is 26.7 Å². The molecule has 0 aromatic heterocycles. The summed E-state index contributed by atoms with van der Waals surface area (Å²) in [7, 11) is -4.74. The molecule has 0 fully saturated rings. The predicted octanol–water partition coefficient (Wildman–Crippen LogP) is 9.09. The molecule has 4 aromatic rings. The van der Waals surface area contributed by atoms with Crippen molar-refractivity contribution in [2.75, 3.05) is 42.6 Å². The van der Waals surface area contributed by atoms with Gasteiger partial charge in [-0.1, -0.05) is 54.6 Å². The zero-order valence-electron chi connectivity index (χ0n) is 28.5. The molecule has 6 nitrogen and oxygen atoms in total. The summed E-state index contributed by atoms with van der Waals surface area (Å²) in [5.74, 6) is 2.66. The molecule has 0 radical (unpaired) electrons. The Morgan fingerprint density at radius 1 is 0.740 bits per heavy atom. The van der Waals surface area contributed by atoms with E-state index < -0.39 is 10.1 Å². The summed E-state index contributed by atoms with van der Waals surface area (Å²) >= 11 is 3.72. The van der Waals surface area contributed by atoms with Crippen molar-refractivity contribution in [1.82, 2.24) is 4.58 Å². The molecule has 0 unspecified atom stereocenters. The van der Waals surface area contributed by atoms with Gasteiger partial charge in [0, 0.05) is 75.0 Å². The first-order valence-electron chi connectivity index (χ1n) is 17.1. The number of benzene rings is 5. The van der Waals surface area contributed by atoms with E-state index in [0.717, 1.165) is 72.5 Å². The zero-order valence-corrected chi connectivity index (χ0v) is 30.9. The van der Waals surface area contributed by atoms with E-state index in [1.807, 2.05) is 59.9 Å². The van der Waals surface area contributed by atoms with Crippen molar-refractivity contribution in [1.29, 1.82) is 0 Å². The van der Waals surface area contributed by atoms with Crippen molar-refractivity contribution >= 4 is 50.3 Å². The molecule has 0 saturated heterocycles. The standard InChI is InChI=1S/C41H42N2O4S3/c1-3-42(25-13-27-48-33-15-7-5-8-16-33)31-21-23-35-38(29-31)47-39-30-32(43(4-2)26-14-28-49-34-17-9-6-10-18-34)22-24-36(39)41(35)37-19-11-12-20-40(37)50(44,45)46/h5-12,15-24,29-30H,3-4,13-14,25-28H2,1-2H3. The van der Waals surface area contributed by atoms with Gasteiger partial charge in [0.15, 0.2) is 0 Å². The zero-order chi connectivity index (χ0) is 34.9. The Hall–Kier alpha value is -4.02. The van der Waals surface area contributed by atoms with Gasteiger partial charge in [-0.3, -0.25) is 0 Å². The minimum absolute atomic E-state index is 0.237. The summed E-state index contributed by atoms with van der Waals surface area (Å²) < 4.78 is 46.5. The molecule has 0 atom stereocenters. The van der Waals surface area contributed by atoms with Crippen LogP contribution in [0.25, 0.3) is 33.4 Å². The minimum Gasteiger partial charge on any atom is -0.744 e. The van der Waals surface area contributed by atoms with E-state index in [4.69, 9.17) is 4.42 Å². The van der Waals surface area contributed by atoms with Crippen molar-refractivity contribution in [3.8, 4) is 22.5 Å². The van der Waals surface area contributed by atoms with Crippen LogP contribution >= 0.6 is 23.5 Å². The third kappa shape index (κ3) is 8.64. The van der Waals surface area contributed by atoms with E-state index in [2.05, 4.69) is 84.0 Å². The summed E-state index contributed by atoms with van der Waals surface area (Å²) in [6.07, 6.45) is 2.03. The van der Waals surface area contributed by atoms with Gasteiger partial charge in [0.1, 0.15) is 34.6 Å². The smallest absolute Gasteiger partial charge is 0.203 e. The molecule has 2 aliphatic rings. The van der Waals surface area contributed by atoms with Crippen molar-refractivity contribution in [2.24, 2.45) is 0 Å². The summed E-state index contributed by atoms with van der Waals surface area (Å²) in [6, 6.07) is 39.6. The van der Waals surface area contributed by atoms with Crippen LogP contribution in [0.2, 0.25) is 0 Å². The van der Waals surface area contributed by atoms with Gasteiger partial charge in [-0.2, -0.15) is 0 Å². The van der Waals surface area contributed by atoms with E-state index in [0.29, 0.717) is 22.5 Å². The highest BCUT2D eigenvalue weighted by atomic mass is 32.2. The van der Waals surface area contributed by atoms with Crippen molar-refractivity contribution in [3.05, 3.63) is 127 Å². The molecule has 0 spiro atoms. The Kier molecular flexibility index (Phi) is 12.0. The predicted molar refractivity (Wildman–Crippen MR) is 208 cm³/mol. The van der Waals surface area contributed by atoms with Gasteiger partial charge in [-0.05, 0) is 74.6 Å². The highest BCUT2D eigenvalue weighted by Gasteiger charge is 2.22. The second kappa shape index (κ2) is 16.8. The van der Waals surface area contributed by atoms with Crippen LogP contribution in [0.4, 0.5) is 5.69 Å². The van der Waals surface area contributed by atoms with Gasteiger partial charge in [0.25, 0.3) is 0 Å². The Balaban J connectivity index is 1.38. The average Bonchev–Trinajstić information content (AvgIpc) is 3.14. The average molecular weight is 723 g/mol. The lowest BCUT2D eigenvalue weighted by Crippen LogP contribution is -2.31. The third-order valence-electron chi connectivity index (χ3n) is 8.78. The molecule has 9 heteroatoms. The number of hydrogen-bond donors (Lipinski definition) is 0. The summed E-state index contributed by atoms with van der Waals surface area (Å²) in [4.78, 5) is 4.64. The molecule has 1 heterocycles. The lowest BCUT2D eigenvalue weighted by atomic mass is 9.93. The number of anilines is 1. The fraction of sp³-hybridized carbons (Fsp3) is 0.244. The summed E-state index contributed by atoms with van der Waals surface area (Å²) in [6.45, 7) is 7.73. The Labute approximate surface area is 304 Å². The maximum absolute atomic E-state index is 12.5. The SMILES string of the molecule is CCN(CCCSc1ccccc1)c1ccc2c(-c3ccccc3S(=O)(=O)[O-])c3ccc(=[N+](CC)CCCSc4ccccc4)cc-3oc2c1. The molecule has 1 aliphatic heterocycles. The Morgan fingerprint density at radius 2 is 1.40 bits per heavy atom. The lowest BCUT2D eigenvalue weighted by Gasteiger charge is -2.24. The van der Waals surface area contributed by atoms with Crippen LogP contribution in [0.5, 0.6) is 0 Å². The van der Waals surface area contributed by atoms with Gasteiger partial charge in [-0.25, -0.2) is 13.0 Å². The van der Waals surface area contributed by atoms with Gasteiger partial charge in [0.05, 0.1) is 11.0 Å². The maximum Gasteiger partial charge on any atom is 0.203 e. The topological polar surface area (TPSA) is 76.6 Å².